The Bertz CT molecular complexity index is 1290. The largest absolute Gasteiger partial charge is 0.423 e. The third kappa shape index (κ3) is 6.02. The summed E-state index contributed by atoms with van der Waals surface area (Å²) in [7, 11) is 0. The van der Waals surface area contributed by atoms with E-state index in [1.54, 1.807) is 43.3 Å². The number of halogens is 1. The predicted octanol–water partition coefficient (Wildman–Crippen LogP) is 3.95. The average molecular weight is 481 g/mol. The predicted molar refractivity (Wildman–Crippen MR) is 125 cm³/mol. The van der Waals surface area contributed by atoms with Crippen LogP contribution in [0, 0.1) is 10.1 Å². The number of para-hydroxylation sites is 2. The number of nitro benzene ring substituents is 1. The van der Waals surface area contributed by atoms with Crippen molar-refractivity contribution in [3.63, 3.8) is 0 Å². The number of ether oxygens (including phenoxy) is 1. The third-order valence-electron chi connectivity index (χ3n) is 4.46. The van der Waals surface area contributed by atoms with Crippen LogP contribution in [0.5, 0.6) is 5.75 Å². The van der Waals surface area contributed by atoms with E-state index in [2.05, 4.69) is 15.8 Å². The molecule has 3 rings (SSSR count). The molecule has 2 N–H and O–H groups in total. The first-order chi connectivity index (χ1) is 16.3. The maximum absolute atomic E-state index is 12.3. The highest BCUT2D eigenvalue weighted by Crippen LogP contribution is 2.21. The molecule has 3 aromatic carbocycles. The maximum atomic E-state index is 12.3. The minimum atomic E-state index is -0.991. The standard InChI is InChI=1S/C23H17ClN4O6/c1-14(26-27-22(30)21(29)25-19-8-4-3-7-18(19)24)15-10-12-16(13-11-15)34-23(31)17-6-2-5-9-20(17)28(32)33/h2-13H,1H3,(H,25,29)(H,27,30)/b26-14+. The van der Waals surface area contributed by atoms with Gasteiger partial charge >= 0.3 is 17.8 Å². The smallest absolute Gasteiger partial charge is 0.350 e. The summed E-state index contributed by atoms with van der Waals surface area (Å²) in [5, 5.41) is 17.6. The summed E-state index contributed by atoms with van der Waals surface area (Å²) in [5.41, 5.74) is 2.84. The van der Waals surface area contributed by atoms with Crippen LogP contribution in [0.25, 0.3) is 0 Å². The van der Waals surface area contributed by atoms with Crippen molar-refractivity contribution < 1.29 is 24.0 Å². The van der Waals surface area contributed by atoms with Gasteiger partial charge in [0.15, 0.2) is 0 Å². The van der Waals surface area contributed by atoms with E-state index in [0.29, 0.717) is 11.3 Å². The molecule has 0 aliphatic rings. The van der Waals surface area contributed by atoms with Crippen molar-refractivity contribution in [2.24, 2.45) is 5.10 Å². The monoisotopic (exact) mass is 480 g/mol. The Hall–Kier alpha value is -4.57. The summed E-state index contributed by atoms with van der Waals surface area (Å²) < 4.78 is 5.21. The van der Waals surface area contributed by atoms with Crippen LogP contribution in [0.15, 0.2) is 77.9 Å². The van der Waals surface area contributed by atoms with Crippen molar-refractivity contribution in [2.75, 3.05) is 5.32 Å². The summed E-state index contributed by atoms with van der Waals surface area (Å²) in [6.07, 6.45) is 0. The number of benzene rings is 3. The Morgan fingerprint density at radius 1 is 0.941 bits per heavy atom. The maximum Gasteiger partial charge on any atom is 0.350 e. The van der Waals surface area contributed by atoms with E-state index >= 15 is 0 Å². The van der Waals surface area contributed by atoms with Gasteiger partial charge in [-0.2, -0.15) is 5.10 Å². The number of nitrogens with one attached hydrogen (secondary N) is 2. The number of carbonyl (C=O) groups is 3. The minimum absolute atomic E-state index is 0.155. The topological polar surface area (TPSA) is 140 Å². The Kier molecular flexibility index (Phi) is 7.67. The van der Waals surface area contributed by atoms with E-state index in [0.717, 1.165) is 0 Å². The van der Waals surface area contributed by atoms with Gasteiger partial charge in [-0.15, -0.1) is 0 Å². The van der Waals surface area contributed by atoms with Crippen molar-refractivity contribution in [3.05, 3.63) is 99.1 Å². The average Bonchev–Trinajstić information content (AvgIpc) is 2.84. The number of carbonyl (C=O) groups excluding carboxylic acids is 3. The molecule has 0 aliphatic heterocycles. The molecule has 0 spiro atoms. The molecule has 0 radical (unpaired) electrons. The molecule has 0 heterocycles. The second-order valence-corrected chi connectivity index (χ2v) is 7.17. The highest BCUT2D eigenvalue weighted by molar-refractivity contribution is 6.41. The zero-order valence-electron chi connectivity index (χ0n) is 17.7. The molecular formula is C23H17ClN4O6. The lowest BCUT2D eigenvalue weighted by molar-refractivity contribution is -0.385. The fourth-order valence-electron chi connectivity index (χ4n) is 2.72. The van der Waals surface area contributed by atoms with Gasteiger partial charge in [-0.05, 0) is 55.0 Å². The molecule has 3 aromatic rings. The van der Waals surface area contributed by atoms with Crippen molar-refractivity contribution in [3.8, 4) is 5.75 Å². The molecule has 0 fully saturated rings. The number of rotatable bonds is 6. The Morgan fingerprint density at radius 2 is 1.59 bits per heavy atom. The van der Waals surface area contributed by atoms with Crippen molar-refractivity contribution >= 4 is 46.5 Å². The van der Waals surface area contributed by atoms with Crippen LogP contribution in [-0.4, -0.2) is 28.4 Å². The zero-order chi connectivity index (χ0) is 24.7. The van der Waals surface area contributed by atoms with Crippen LogP contribution in [0.3, 0.4) is 0 Å². The van der Waals surface area contributed by atoms with E-state index in [4.69, 9.17) is 16.3 Å². The molecule has 0 unspecified atom stereocenters. The molecule has 0 saturated carbocycles. The first-order valence-corrected chi connectivity index (χ1v) is 10.1. The number of esters is 1. The fourth-order valence-corrected chi connectivity index (χ4v) is 2.91. The number of amides is 2. The quantitative estimate of drug-likeness (QED) is 0.137. The van der Waals surface area contributed by atoms with Crippen LogP contribution in [-0.2, 0) is 9.59 Å². The number of nitro groups is 1. The molecule has 34 heavy (non-hydrogen) atoms. The lowest BCUT2D eigenvalue weighted by atomic mass is 10.1. The lowest BCUT2D eigenvalue weighted by Gasteiger charge is -2.07. The van der Waals surface area contributed by atoms with Gasteiger partial charge in [0.05, 0.1) is 21.3 Å². The molecule has 0 bridgehead atoms. The van der Waals surface area contributed by atoms with Gasteiger partial charge in [-0.1, -0.05) is 35.9 Å². The number of hydrogen-bond acceptors (Lipinski definition) is 7. The second kappa shape index (κ2) is 10.8. The second-order valence-electron chi connectivity index (χ2n) is 6.76. The van der Waals surface area contributed by atoms with E-state index in [9.17, 15) is 24.5 Å². The van der Waals surface area contributed by atoms with Crippen LogP contribution < -0.4 is 15.5 Å². The number of nitrogens with zero attached hydrogens (tertiary/aromatic N) is 2. The van der Waals surface area contributed by atoms with Gasteiger partial charge in [0, 0.05) is 6.07 Å². The molecule has 0 atom stereocenters. The van der Waals surface area contributed by atoms with Crippen molar-refractivity contribution in [1.29, 1.82) is 0 Å². The van der Waals surface area contributed by atoms with Gasteiger partial charge in [0.2, 0.25) is 0 Å². The van der Waals surface area contributed by atoms with Gasteiger partial charge in [0.25, 0.3) is 5.69 Å². The summed E-state index contributed by atoms with van der Waals surface area (Å²) in [6.45, 7) is 1.60. The first-order valence-electron chi connectivity index (χ1n) is 9.72. The minimum Gasteiger partial charge on any atom is -0.423 e. The van der Waals surface area contributed by atoms with E-state index in [1.807, 2.05) is 0 Å². The van der Waals surface area contributed by atoms with Gasteiger partial charge < -0.3 is 10.1 Å². The summed E-state index contributed by atoms with van der Waals surface area (Å²) in [5.74, 6) is -2.65. The van der Waals surface area contributed by atoms with Crippen LogP contribution in [0.1, 0.15) is 22.8 Å². The van der Waals surface area contributed by atoms with Crippen molar-refractivity contribution in [2.45, 2.75) is 6.92 Å². The Morgan fingerprint density at radius 3 is 2.26 bits per heavy atom. The number of anilines is 1. The highest BCUT2D eigenvalue weighted by Gasteiger charge is 2.21. The zero-order valence-corrected chi connectivity index (χ0v) is 18.4. The Labute approximate surface area is 198 Å². The fraction of sp³-hybridized carbons (Fsp3) is 0.0435. The highest BCUT2D eigenvalue weighted by atomic mass is 35.5. The van der Waals surface area contributed by atoms with Crippen LogP contribution in [0.4, 0.5) is 11.4 Å². The van der Waals surface area contributed by atoms with Crippen LogP contribution in [0.2, 0.25) is 5.02 Å². The lowest BCUT2D eigenvalue weighted by Crippen LogP contribution is -2.33. The third-order valence-corrected chi connectivity index (χ3v) is 4.79. The summed E-state index contributed by atoms with van der Waals surface area (Å²) >= 11 is 5.95. The summed E-state index contributed by atoms with van der Waals surface area (Å²) in [4.78, 5) is 46.7. The molecule has 10 nitrogen and oxygen atoms in total. The van der Waals surface area contributed by atoms with Crippen LogP contribution >= 0.6 is 11.6 Å². The van der Waals surface area contributed by atoms with E-state index in [-0.39, 0.29) is 27.7 Å². The number of hydrazone groups is 1. The van der Waals surface area contributed by atoms with E-state index in [1.165, 1.54) is 36.4 Å². The normalized spacial score (nSPS) is 10.8. The van der Waals surface area contributed by atoms with Gasteiger partial charge in [-0.25, -0.2) is 10.2 Å². The molecule has 0 aliphatic carbocycles. The van der Waals surface area contributed by atoms with Gasteiger partial charge in [0.1, 0.15) is 11.3 Å². The molecule has 172 valence electrons. The molecular weight excluding hydrogens is 464 g/mol. The number of hydrogen-bond donors (Lipinski definition) is 2. The Balaban J connectivity index is 1.61. The molecule has 11 heteroatoms. The molecule has 2 amide bonds. The molecule has 0 saturated heterocycles. The molecule has 0 aromatic heterocycles. The van der Waals surface area contributed by atoms with Gasteiger partial charge in [-0.3, -0.25) is 19.7 Å². The van der Waals surface area contributed by atoms with E-state index < -0.39 is 22.7 Å². The summed E-state index contributed by atoms with van der Waals surface area (Å²) in [6, 6.07) is 18.0. The first kappa shape index (κ1) is 24.1. The van der Waals surface area contributed by atoms with Crippen molar-refractivity contribution in [1.82, 2.24) is 5.43 Å². The SMILES string of the molecule is C/C(=N\NC(=O)C(=O)Nc1ccccc1Cl)c1ccc(OC(=O)c2ccccc2[N+](=O)[O-])cc1.